The zero-order valence-corrected chi connectivity index (χ0v) is 22.3. The van der Waals surface area contributed by atoms with Crippen LogP contribution in [0.1, 0.15) is 23.6 Å². The Bertz CT molecular complexity index is 1490. The summed E-state index contributed by atoms with van der Waals surface area (Å²) in [4.78, 5) is 6.61. The summed E-state index contributed by atoms with van der Waals surface area (Å²) >= 11 is 5.92. The lowest BCUT2D eigenvalue weighted by molar-refractivity contribution is -0.137. The summed E-state index contributed by atoms with van der Waals surface area (Å²) in [6.07, 6.45) is -3.12. The van der Waals surface area contributed by atoms with E-state index in [1.54, 1.807) is 64.4 Å². The molecule has 4 rings (SSSR count). The average Bonchev–Trinajstić information content (AvgIpc) is 3.23. The van der Waals surface area contributed by atoms with E-state index in [0.29, 0.717) is 27.8 Å². The highest BCUT2D eigenvalue weighted by Crippen LogP contribution is 2.38. The predicted octanol–water partition coefficient (Wildman–Crippen LogP) is 6.64. The van der Waals surface area contributed by atoms with Crippen molar-refractivity contribution >= 4 is 33.1 Å². The van der Waals surface area contributed by atoms with Gasteiger partial charge in [-0.15, -0.1) is 4.95 Å². The maximum Gasteiger partial charge on any atom is 0.416 e. The lowest BCUT2D eigenvalue weighted by Gasteiger charge is -2.25. The highest BCUT2D eigenvalue weighted by Gasteiger charge is 2.40. The van der Waals surface area contributed by atoms with E-state index >= 15 is 0 Å². The first-order valence-electron chi connectivity index (χ1n) is 11.8. The topological polar surface area (TPSA) is 66.6 Å². The number of alkyl halides is 3. The van der Waals surface area contributed by atoms with Crippen molar-refractivity contribution in [1.29, 1.82) is 0 Å². The maximum absolute atomic E-state index is 13.5. The molecule has 0 spiro atoms. The first-order chi connectivity index (χ1) is 18.4. The van der Waals surface area contributed by atoms with Crippen molar-refractivity contribution in [3.05, 3.63) is 100 Å². The quantitative estimate of drug-likeness (QED) is 0.222. The van der Waals surface area contributed by atoms with E-state index in [1.807, 2.05) is 0 Å². The number of halogens is 4. The second-order valence-corrected chi connectivity index (χ2v) is 11.7. The third-order valence-electron chi connectivity index (χ3n) is 6.05. The molecule has 3 aromatic carbocycles. The molecule has 0 aromatic heterocycles. The molecule has 0 saturated carbocycles. The zero-order valence-electron chi connectivity index (χ0n) is 20.8. The van der Waals surface area contributed by atoms with Gasteiger partial charge in [0.05, 0.1) is 17.4 Å². The van der Waals surface area contributed by atoms with Gasteiger partial charge in [0.25, 0.3) is 5.96 Å². The van der Waals surface area contributed by atoms with Gasteiger partial charge in [0.1, 0.15) is 26.4 Å². The van der Waals surface area contributed by atoms with Crippen LogP contribution in [0.2, 0.25) is 5.02 Å². The molecule has 1 atom stereocenters. The number of anilines is 1. The van der Waals surface area contributed by atoms with Gasteiger partial charge in [0.15, 0.2) is 0 Å². The third kappa shape index (κ3) is 7.22. The van der Waals surface area contributed by atoms with Crippen molar-refractivity contribution in [2.75, 3.05) is 30.0 Å². The van der Waals surface area contributed by atoms with Gasteiger partial charge in [-0.2, -0.15) is 19.7 Å². The van der Waals surface area contributed by atoms with Crippen LogP contribution in [0.3, 0.4) is 0 Å². The van der Waals surface area contributed by atoms with Gasteiger partial charge >= 0.3 is 6.18 Å². The van der Waals surface area contributed by atoms with Crippen molar-refractivity contribution in [1.82, 2.24) is 4.90 Å². The Morgan fingerprint density at radius 1 is 1.08 bits per heavy atom. The highest BCUT2D eigenvalue weighted by atomic mass is 35.5. The second-order valence-electron chi connectivity index (χ2n) is 8.99. The zero-order chi connectivity index (χ0) is 28.2. The van der Waals surface area contributed by atoms with Crippen molar-refractivity contribution < 1.29 is 26.3 Å². The predicted molar refractivity (Wildman–Crippen MR) is 145 cm³/mol. The number of benzene rings is 3. The standard InChI is InChI=1S/C27H24ClF3N4O3S/c1-32-33-26-34(15-4-16-39(2,36)37)18-25(19-5-3-6-20(17-19)27(29,30)31)35(26)22-9-13-24(14-10-22)38-23-11-7-21(28)8-12-23/h3,5-14,17,25H,4,15-16,18H2,2H3. The molecule has 1 aliphatic heterocycles. The van der Waals surface area contributed by atoms with E-state index in [2.05, 4.69) is 10.1 Å². The Balaban J connectivity index is 1.69. The van der Waals surface area contributed by atoms with Crippen LogP contribution in [0.25, 0.3) is 4.95 Å². The fourth-order valence-electron chi connectivity index (χ4n) is 4.31. The Hall–Kier alpha value is -3.75. The van der Waals surface area contributed by atoms with Crippen LogP contribution in [0, 0.1) is 6.57 Å². The minimum atomic E-state index is -4.53. The number of rotatable bonds is 8. The second kappa shape index (κ2) is 11.6. The van der Waals surface area contributed by atoms with E-state index < -0.39 is 27.6 Å². The van der Waals surface area contributed by atoms with Crippen LogP contribution >= 0.6 is 11.6 Å². The van der Waals surface area contributed by atoms with E-state index in [0.717, 1.165) is 18.4 Å². The highest BCUT2D eigenvalue weighted by molar-refractivity contribution is 7.90. The minimum Gasteiger partial charge on any atom is -0.457 e. The molecule has 1 unspecified atom stereocenters. The van der Waals surface area contributed by atoms with E-state index in [9.17, 15) is 21.6 Å². The lowest BCUT2D eigenvalue weighted by Crippen LogP contribution is -2.35. The first kappa shape index (κ1) is 28.3. The Morgan fingerprint density at radius 3 is 2.31 bits per heavy atom. The van der Waals surface area contributed by atoms with Crippen molar-refractivity contribution in [3.63, 3.8) is 0 Å². The van der Waals surface area contributed by atoms with E-state index in [-0.39, 0.29) is 31.2 Å². The van der Waals surface area contributed by atoms with Gasteiger partial charge in [0.2, 0.25) is 0 Å². The molecule has 0 N–H and O–H groups in total. The van der Waals surface area contributed by atoms with Crippen molar-refractivity contribution in [3.8, 4) is 11.5 Å². The lowest BCUT2D eigenvalue weighted by atomic mass is 10.0. The SMILES string of the molecule is [C-]#[N+]N=C1N(CCCS(C)(=O)=O)CC(c2cccc(C(F)(F)F)c2)N1c1ccc(Oc2ccc(Cl)cc2)cc1. The Labute approximate surface area is 229 Å². The summed E-state index contributed by atoms with van der Waals surface area (Å²) in [6.45, 7) is 7.82. The number of nitrogens with zero attached hydrogens (tertiary/aromatic N) is 4. The maximum atomic E-state index is 13.5. The van der Waals surface area contributed by atoms with Gasteiger partial charge in [-0.3, -0.25) is 4.90 Å². The number of sulfone groups is 1. The van der Waals surface area contributed by atoms with Gasteiger partial charge in [-0.1, -0.05) is 23.7 Å². The molecular weight excluding hydrogens is 553 g/mol. The van der Waals surface area contributed by atoms with Crippen molar-refractivity contribution in [2.45, 2.75) is 18.6 Å². The smallest absolute Gasteiger partial charge is 0.416 e. The van der Waals surface area contributed by atoms with Gasteiger partial charge in [0, 0.05) is 30.1 Å². The number of guanidine groups is 1. The van der Waals surface area contributed by atoms with E-state index in [1.165, 1.54) is 6.07 Å². The Morgan fingerprint density at radius 2 is 1.72 bits per heavy atom. The first-order valence-corrected chi connectivity index (χ1v) is 14.3. The molecule has 0 radical (unpaired) electrons. The van der Waals surface area contributed by atoms with Crippen LogP contribution in [0.4, 0.5) is 18.9 Å². The molecule has 1 aliphatic rings. The van der Waals surface area contributed by atoms with Crippen LogP contribution in [-0.4, -0.2) is 44.4 Å². The minimum absolute atomic E-state index is 0.0697. The molecule has 1 heterocycles. The molecular formula is C27H24ClF3N4O3S. The summed E-state index contributed by atoms with van der Waals surface area (Å²) in [5.74, 6) is 1.25. The van der Waals surface area contributed by atoms with Gasteiger partial charge < -0.3 is 9.64 Å². The number of hydrogen-bond acceptors (Lipinski definition) is 4. The summed E-state index contributed by atoms with van der Waals surface area (Å²) in [7, 11) is -3.22. The monoisotopic (exact) mass is 576 g/mol. The van der Waals surface area contributed by atoms with E-state index in [4.69, 9.17) is 22.9 Å². The molecule has 3 aromatic rings. The largest absolute Gasteiger partial charge is 0.457 e. The van der Waals surface area contributed by atoms with Gasteiger partial charge in [-0.25, -0.2) is 8.42 Å². The molecule has 0 amide bonds. The summed E-state index contributed by atoms with van der Waals surface area (Å²) < 4.78 is 69.7. The number of ether oxygens (including phenoxy) is 1. The van der Waals surface area contributed by atoms with Crippen LogP contribution in [0.5, 0.6) is 11.5 Å². The summed E-state index contributed by atoms with van der Waals surface area (Å²) in [5.41, 5.74) is 0.175. The molecule has 0 bridgehead atoms. The summed E-state index contributed by atoms with van der Waals surface area (Å²) in [6, 6.07) is 18.1. The van der Waals surface area contributed by atoms with Crippen LogP contribution < -0.4 is 9.64 Å². The molecule has 0 aliphatic carbocycles. The van der Waals surface area contributed by atoms with Crippen molar-refractivity contribution in [2.24, 2.45) is 5.10 Å². The molecule has 7 nitrogen and oxygen atoms in total. The molecule has 12 heteroatoms. The molecule has 39 heavy (non-hydrogen) atoms. The fourth-order valence-corrected chi connectivity index (χ4v) is 5.09. The third-order valence-corrected chi connectivity index (χ3v) is 7.33. The molecule has 204 valence electrons. The Kier molecular flexibility index (Phi) is 8.37. The van der Waals surface area contributed by atoms with Gasteiger partial charge in [-0.05, 0) is 72.6 Å². The molecule has 1 saturated heterocycles. The average molecular weight is 577 g/mol. The normalized spacial score (nSPS) is 16.9. The fraction of sp³-hybridized carbons (Fsp3) is 0.259. The van der Waals surface area contributed by atoms with Crippen LogP contribution in [-0.2, 0) is 16.0 Å². The molecule has 1 fully saturated rings. The van der Waals surface area contributed by atoms with Crippen LogP contribution in [0.15, 0.2) is 77.9 Å². The number of hydrogen-bond donors (Lipinski definition) is 0. The summed E-state index contributed by atoms with van der Waals surface area (Å²) in [5, 5.41) is 4.54.